The largest absolute Gasteiger partial charge is 1.00 e. The lowest BCUT2D eigenvalue weighted by atomic mass is 9.85. The fraction of sp³-hybridized carbons (Fsp3) is 0.250. The van der Waals surface area contributed by atoms with Crippen LogP contribution in [-0.2, 0) is 0 Å². The number of aromatic hydroxyl groups is 2. The quantitative estimate of drug-likeness (QED) is 0.586. The van der Waals surface area contributed by atoms with Gasteiger partial charge in [-0.3, -0.25) is 9.59 Å². The Morgan fingerprint density at radius 2 is 1.76 bits per heavy atom. The minimum Gasteiger partial charge on any atom is -0.507 e. The second-order valence-corrected chi connectivity index (χ2v) is 5.18. The summed E-state index contributed by atoms with van der Waals surface area (Å²) in [5.74, 6) is -2.01. The van der Waals surface area contributed by atoms with Crippen LogP contribution in [0.4, 0.5) is 0 Å². The molecule has 1 aliphatic rings. The van der Waals surface area contributed by atoms with E-state index >= 15 is 0 Å². The van der Waals surface area contributed by atoms with Crippen molar-refractivity contribution in [3.63, 3.8) is 0 Å². The van der Waals surface area contributed by atoms with Crippen LogP contribution < -0.4 is 0 Å². The summed E-state index contributed by atoms with van der Waals surface area (Å²) in [7, 11) is 0. The topological polar surface area (TPSA) is 94.8 Å². The van der Waals surface area contributed by atoms with E-state index in [1.165, 1.54) is 0 Å². The van der Waals surface area contributed by atoms with Gasteiger partial charge >= 0.3 is 1.43 Å². The normalized spacial score (nSPS) is 15.3. The van der Waals surface area contributed by atoms with Gasteiger partial charge in [0.15, 0.2) is 11.6 Å². The van der Waals surface area contributed by atoms with Crippen molar-refractivity contribution in [1.29, 1.82) is 0 Å². The molecule has 1 aromatic rings. The summed E-state index contributed by atoms with van der Waals surface area (Å²) in [6.07, 6.45) is 1.84. The number of ketones is 2. The highest BCUT2D eigenvalue weighted by molar-refractivity contribution is 6.26. The summed E-state index contributed by atoms with van der Waals surface area (Å²) in [6.45, 7) is 3.71. The highest BCUT2D eigenvalue weighted by atomic mass is 16.3. The van der Waals surface area contributed by atoms with E-state index in [-0.39, 0.29) is 36.0 Å². The summed E-state index contributed by atoms with van der Waals surface area (Å²) in [4.78, 5) is 24.4. The van der Waals surface area contributed by atoms with Crippen LogP contribution in [0.2, 0.25) is 0 Å². The molecule has 0 saturated heterocycles. The lowest BCUT2D eigenvalue weighted by Gasteiger charge is -2.20. The van der Waals surface area contributed by atoms with E-state index in [0.29, 0.717) is 0 Å². The SMILES string of the molecule is CC(C)=CC[C@@H](O)C1=CC(=O)c2c(O)ccc(O)c2C1=O.[H+]. The Kier molecular flexibility index (Phi) is 3.95. The molecule has 0 bridgehead atoms. The number of phenolic OH excluding ortho intramolecular Hbond substituents is 2. The monoisotopic (exact) mass is 289 g/mol. The second-order valence-electron chi connectivity index (χ2n) is 5.18. The molecule has 0 spiro atoms. The number of fused-ring (bicyclic) bond motifs is 1. The molecule has 0 saturated carbocycles. The number of hydrogen-bond acceptors (Lipinski definition) is 5. The molecule has 0 radical (unpaired) electrons. The predicted molar refractivity (Wildman–Crippen MR) is 77.7 cm³/mol. The van der Waals surface area contributed by atoms with Gasteiger partial charge in [-0.15, -0.1) is 0 Å². The van der Waals surface area contributed by atoms with Crippen LogP contribution in [0.25, 0.3) is 0 Å². The van der Waals surface area contributed by atoms with Gasteiger partial charge < -0.3 is 15.3 Å². The molecule has 2 rings (SSSR count). The Morgan fingerprint density at radius 3 is 2.33 bits per heavy atom. The van der Waals surface area contributed by atoms with Crippen molar-refractivity contribution in [3.8, 4) is 11.5 Å². The van der Waals surface area contributed by atoms with Crippen LogP contribution in [0.1, 0.15) is 42.4 Å². The zero-order valence-electron chi connectivity index (χ0n) is 12.8. The van der Waals surface area contributed by atoms with Crippen molar-refractivity contribution in [1.82, 2.24) is 0 Å². The maximum absolute atomic E-state index is 12.3. The second kappa shape index (κ2) is 5.54. The molecule has 1 aromatic carbocycles. The Bertz CT molecular complexity index is 684. The molecule has 5 heteroatoms. The van der Waals surface area contributed by atoms with Crippen molar-refractivity contribution in [2.24, 2.45) is 0 Å². The first kappa shape index (κ1) is 15.0. The maximum Gasteiger partial charge on any atom is 1.00 e. The van der Waals surface area contributed by atoms with Gasteiger partial charge in [-0.2, -0.15) is 0 Å². The standard InChI is InChI=1S/C16H16O5/c1-8(2)3-4-10(17)9-7-13(20)14-11(18)5-6-12(19)15(14)16(9)21/h3,5-7,10,17-19H,4H2,1-2H3/p+1/t10-/m1/s1. The highest BCUT2D eigenvalue weighted by Gasteiger charge is 2.33. The van der Waals surface area contributed by atoms with Crippen LogP contribution in [-0.4, -0.2) is 33.0 Å². The lowest BCUT2D eigenvalue weighted by molar-refractivity contribution is 0.0943. The summed E-state index contributed by atoms with van der Waals surface area (Å²) in [5.41, 5.74) is 0.419. The van der Waals surface area contributed by atoms with Crippen molar-refractivity contribution >= 4 is 11.6 Å². The van der Waals surface area contributed by atoms with Crippen LogP contribution in [0, 0.1) is 0 Å². The number of carbonyl (C=O) groups excluding carboxylic acids is 2. The van der Waals surface area contributed by atoms with Gasteiger partial charge in [0.2, 0.25) is 0 Å². The molecule has 0 aromatic heterocycles. The van der Waals surface area contributed by atoms with E-state index in [0.717, 1.165) is 23.8 Å². The van der Waals surface area contributed by atoms with Gasteiger partial charge in [0.05, 0.1) is 17.2 Å². The number of allylic oxidation sites excluding steroid dienone is 2. The van der Waals surface area contributed by atoms with E-state index in [4.69, 9.17) is 0 Å². The van der Waals surface area contributed by atoms with E-state index in [1.807, 2.05) is 13.8 Å². The van der Waals surface area contributed by atoms with E-state index in [2.05, 4.69) is 0 Å². The summed E-state index contributed by atoms with van der Waals surface area (Å²) in [5, 5.41) is 29.5. The molecule has 1 aliphatic carbocycles. The molecular formula is C16H17O5+. The summed E-state index contributed by atoms with van der Waals surface area (Å²) < 4.78 is 0. The molecule has 3 N–H and O–H groups in total. The van der Waals surface area contributed by atoms with Gasteiger partial charge in [0, 0.05) is 5.57 Å². The first-order valence-corrected chi connectivity index (χ1v) is 6.50. The van der Waals surface area contributed by atoms with Crippen LogP contribution in [0.15, 0.2) is 35.4 Å². The third-order valence-electron chi connectivity index (χ3n) is 3.29. The molecule has 110 valence electrons. The number of carbonyl (C=O) groups is 2. The Balaban J connectivity index is 0.00000242. The molecule has 21 heavy (non-hydrogen) atoms. The Hall–Kier alpha value is -2.40. The number of aliphatic hydroxyl groups is 1. The molecule has 5 nitrogen and oxygen atoms in total. The van der Waals surface area contributed by atoms with Crippen molar-refractivity contribution < 1.29 is 26.3 Å². The van der Waals surface area contributed by atoms with Crippen LogP contribution in [0.5, 0.6) is 11.5 Å². The molecule has 0 fully saturated rings. The number of hydrogen-bond donors (Lipinski definition) is 3. The van der Waals surface area contributed by atoms with Gasteiger partial charge in [0.25, 0.3) is 0 Å². The summed E-state index contributed by atoms with van der Waals surface area (Å²) >= 11 is 0. The smallest absolute Gasteiger partial charge is 0.507 e. The molecule has 0 amide bonds. The van der Waals surface area contributed by atoms with E-state index in [1.54, 1.807) is 6.08 Å². The fourth-order valence-corrected chi connectivity index (χ4v) is 2.21. The highest BCUT2D eigenvalue weighted by Crippen LogP contribution is 2.35. The number of phenols is 2. The fourth-order valence-electron chi connectivity index (χ4n) is 2.21. The van der Waals surface area contributed by atoms with Gasteiger partial charge in [-0.25, -0.2) is 0 Å². The van der Waals surface area contributed by atoms with Crippen molar-refractivity contribution in [3.05, 3.63) is 46.6 Å². The number of aliphatic hydroxyl groups excluding tert-OH is 1. The van der Waals surface area contributed by atoms with Crippen molar-refractivity contribution in [2.75, 3.05) is 0 Å². The maximum atomic E-state index is 12.3. The van der Waals surface area contributed by atoms with E-state index in [9.17, 15) is 24.9 Å². The zero-order chi connectivity index (χ0) is 15.7. The number of rotatable bonds is 3. The van der Waals surface area contributed by atoms with Crippen LogP contribution >= 0.6 is 0 Å². The average molecular weight is 289 g/mol. The van der Waals surface area contributed by atoms with Crippen LogP contribution in [0.3, 0.4) is 0 Å². The minimum atomic E-state index is -1.13. The molecular weight excluding hydrogens is 272 g/mol. The van der Waals surface area contributed by atoms with Gasteiger partial charge in [-0.1, -0.05) is 11.6 Å². The molecule has 0 unspecified atom stereocenters. The Labute approximate surface area is 123 Å². The Morgan fingerprint density at radius 1 is 1.19 bits per heavy atom. The summed E-state index contributed by atoms with van der Waals surface area (Å²) in [6, 6.07) is 2.29. The third-order valence-corrected chi connectivity index (χ3v) is 3.29. The zero-order valence-corrected chi connectivity index (χ0v) is 11.8. The lowest BCUT2D eigenvalue weighted by Crippen LogP contribution is -2.25. The molecule has 1 atom stereocenters. The van der Waals surface area contributed by atoms with Gasteiger partial charge in [0.1, 0.15) is 11.5 Å². The van der Waals surface area contributed by atoms with E-state index < -0.39 is 17.7 Å². The van der Waals surface area contributed by atoms with Crippen molar-refractivity contribution in [2.45, 2.75) is 26.4 Å². The molecule has 0 heterocycles. The van der Waals surface area contributed by atoms with Gasteiger partial charge in [-0.05, 0) is 38.5 Å². The number of benzene rings is 1. The third kappa shape index (κ3) is 2.73. The predicted octanol–water partition coefficient (Wildman–Crippen LogP) is 2.23. The first-order chi connectivity index (χ1) is 9.82. The number of Topliss-reactive ketones (excluding diaryl/α,β-unsaturated/α-hetero) is 1. The average Bonchev–Trinajstić information content (AvgIpc) is 2.42. The first-order valence-electron chi connectivity index (χ1n) is 6.50. The molecule has 0 aliphatic heterocycles. The minimum absolute atomic E-state index is 0.